The third-order valence-electron chi connectivity index (χ3n) is 2.27. The van der Waals surface area contributed by atoms with Crippen LogP contribution in [0.1, 0.15) is 13.8 Å². The van der Waals surface area contributed by atoms with Crippen LogP contribution in [0.4, 0.5) is 0 Å². The number of carbonyl (C=O) groups excluding carboxylic acids is 2. The SMILES string of the molecule is CNS(=O)(=O)N1CC(=O)NC(=O)C1(C)C. The molecule has 0 atom stereocenters. The highest BCUT2D eigenvalue weighted by atomic mass is 32.2. The minimum absolute atomic E-state index is 0.359. The average molecular weight is 235 g/mol. The van der Waals surface area contributed by atoms with Crippen LogP contribution in [0.2, 0.25) is 0 Å². The van der Waals surface area contributed by atoms with Crippen molar-refractivity contribution < 1.29 is 18.0 Å². The Labute approximate surface area is 88.0 Å². The molecule has 0 aromatic rings. The molecule has 7 nitrogen and oxygen atoms in total. The summed E-state index contributed by atoms with van der Waals surface area (Å²) in [7, 11) is -2.57. The molecular weight excluding hydrogens is 222 g/mol. The van der Waals surface area contributed by atoms with E-state index in [0.717, 1.165) is 4.31 Å². The van der Waals surface area contributed by atoms with E-state index in [1.165, 1.54) is 20.9 Å². The van der Waals surface area contributed by atoms with Gasteiger partial charge in [0.15, 0.2) is 0 Å². The average Bonchev–Trinajstić information content (AvgIpc) is 2.11. The Hall–Kier alpha value is -0.990. The molecule has 1 aliphatic rings. The second kappa shape index (κ2) is 3.54. The van der Waals surface area contributed by atoms with Crippen molar-refractivity contribution in [3.8, 4) is 0 Å². The van der Waals surface area contributed by atoms with Crippen molar-refractivity contribution in [1.82, 2.24) is 14.3 Å². The van der Waals surface area contributed by atoms with E-state index in [1.807, 2.05) is 0 Å². The summed E-state index contributed by atoms with van der Waals surface area (Å²) in [6, 6.07) is 0. The molecule has 2 N–H and O–H groups in total. The summed E-state index contributed by atoms with van der Waals surface area (Å²) in [5.41, 5.74) is -1.27. The second-order valence-electron chi connectivity index (χ2n) is 3.65. The molecule has 0 bridgehead atoms. The fraction of sp³-hybridized carbons (Fsp3) is 0.714. The van der Waals surface area contributed by atoms with E-state index in [9.17, 15) is 18.0 Å². The topological polar surface area (TPSA) is 95.6 Å². The fourth-order valence-electron chi connectivity index (χ4n) is 1.26. The summed E-state index contributed by atoms with van der Waals surface area (Å²) in [4.78, 5) is 22.5. The van der Waals surface area contributed by atoms with E-state index >= 15 is 0 Å². The summed E-state index contributed by atoms with van der Waals surface area (Å²) in [5, 5.41) is 2.08. The number of carbonyl (C=O) groups is 2. The largest absolute Gasteiger partial charge is 0.294 e. The molecule has 1 saturated heterocycles. The highest BCUT2D eigenvalue weighted by molar-refractivity contribution is 7.87. The number of hydrogen-bond acceptors (Lipinski definition) is 4. The lowest BCUT2D eigenvalue weighted by atomic mass is 10.0. The smallest absolute Gasteiger partial charge is 0.280 e. The Bertz CT molecular complexity index is 400. The lowest BCUT2D eigenvalue weighted by Gasteiger charge is -2.38. The van der Waals surface area contributed by atoms with E-state index in [2.05, 4.69) is 10.0 Å². The van der Waals surface area contributed by atoms with Crippen molar-refractivity contribution in [2.75, 3.05) is 13.6 Å². The first-order valence-corrected chi connectivity index (χ1v) is 5.71. The maximum Gasteiger partial charge on any atom is 0.280 e. The normalized spacial score (nSPS) is 22.6. The predicted molar refractivity (Wildman–Crippen MR) is 51.9 cm³/mol. The van der Waals surface area contributed by atoms with E-state index in [-0.39, 0.29) is 6.54 Å². The van der Waals surface area contributed by atoms with Crippen LogP contribution in [-0.2, 0) is 19.8 Å². The van der Waals surface area contributed by atoms with Gasteiger partial charge in [-0.15, -0.1) is 0 Å². The number of piperazine rings is 1. The van der Waals surface area contributed by atoms with Crippen molar-refractivity contribution in [3.63, 3.8) is 0 Å². The van der Waals surface area contributed by atoms with Crippen molar-refractivity contribution in [2.45, 2.75) is 19.4 Å². The molecule has 0 spiro atoms. The van der Waals surface area contributed by atoms with E-state index in [0.29, 0.717) is 0 Å². The monoisotopic (exact) mass is 235 g/mol. The second-order valence-corrected chi connectivity index (χ2v) is 5.45. The maximum atomic E-state index is 11.5. The summed E-state index contributed by atoms with van der Waals surface area (Å²) in [6.45, 7) is 2.51. The zero-order chi connectivity index (χ0) is 11.9. The lowest BCUT2D eigenvalue weighted by molar-refractivity contribution is -0.141. The molecule has 0 unspecified atom stereocenters. The summed E-state index contributed by atoms with van der Waals surface area (Å²) >= 11 is 0. The van der Waals surface area contributed by atoms with Crippen LogP contribution in [0.3, 0.4) is 0 Å². The number of nitrogens with one attached hydrogen (secondary N) is 2. The summed E-state index contributed by atoms with van der Waals surface area (Å²) in [5.74, 6) is -1.25. The van der Waals surface area contributed by atoms with Gasteiger partial charge in [-0.1, -0.05) is 0 Å². The third kappa shape index (κ3) is 2.01. The zero-order valence-electron chi connectivity index (χ0n) is 8.70. The molecule has 0 saturated carbocycles. The number of rotatable bonds is 2. The molecule has 0 aromatic heterocycles. The lowest BCUT2D eigenvalue weighted by Crippen LogP contribution is -2.66. The highest BCUT2D eigenvalue weighted by Gasteiger charge is 2.46. The Morgan fingerprint density at radius 1 is 1.40 bits per heavy atom. The standard InChI is InChI=1S/C7H13N3O4S/c1-7(2)6(12)9-5(11)4-10(7)15(13,14)8-3/h8H,4H2,1-3H3,(H,9,11,12). The molecule has 0 aromatic carbocycles. The van der Waals surface area contributed by atoms with Gasteiger partial charge in [0.25, 0.3) is 10.2 Å². The van der Waals surface area contributed by atoms with E-state index in [4.69, 9.17) is 0 Å². The van der Waals surface area contributed by atoms with Gasteiger partial charge >= 0.3 is 0 Å². The highest BCUT2D eigenvalue weighted by Crippen LogP contribution is 2.20. The first kappa shape index (κ1) is 12.1. The Morgan fingerprint density at radius 3 is 2.40 bits per heavy atom. The van der Waals surface area contributed by atoms with Crippen LogP contribution in [0.5, 0.6) is 0 Å². The van der Waals surface area contributed by atoms with Gasteiger partial charge in [0, 0.05) is 7.05 Å². The Kier molecular flexibility index (Phi) is 2.85. The molecule has 86 valence electrons. The van der Waals surface area contributed by atoms with Gasteiger partial charge in [0.2, 0.25) is 11.8 Å². The molecule has 0 radical (unpaired) electrons. The predicted octanol–water partition coefficient (Wildman–Crippen LogP) is -1.81. The number of hydrogen-bond donors (Lipinski definition) is 2. The molecule has 0 aliphatic carbocycles. The molecule has 1 heterocycles. The molecule has 1 fully saturated rings. The van der Waals surface area contributed by atoms with Crippen LogP contribution in [0, 0.1) is 0 Å². The molecule has 8 heteroatoms. The third-order valence-corrected chi connectivity index (χ3v) is 3.95. The van der Waals surface area contributed by atoms with Crippen molar-refractivity contribution in [1.29, 1.82) is 0 Å². The van der Waals surface area contributed by atoms with Gasteiger partial charge in [-0.3, -0.25) is 14.9 Å². The first-order chi connectivity index (χ1) is 6.71. The summed E-state index contributed by atoms with van der Waals surface area (Å²) < 4.78 is 26.0. The zero-order valence-corrected chi connectivity index (χ0v) is 9.51. The minimum Gasteiger partial charge on any atom is -0.294 e. The van der Waals surface area contributed by atoms with Crippen LogP contribution in [0.15, 0.2) is 0 Å². The number of imide groups is 1. The fourth-order valence-corrected chi connectivity index (χ4v) is 2.45. The van der Waals surface area contributed by atoms with Gasteiger partial charge < -0.3 is 0 Å². The van der Waals surface area contributed by atoms with Crippen molar-refractivity contribution >= 4 is 22.0 Å². The Balaban J connectivity index is 3.16. The summed E-state index contributed by atoms with van der Waals surface area (Å²) in [6.07, 6.45) is 0. The maximum absolute atomic E-state index is 11.5. The van der Waals surface area contributed by atoms with Gasteiger partial charge in [-0.2, -0.15) is 12.7 Å². The van der Waals surface area contributed by atoms with E-state index < -0.39 is 27.6 Å². The van der Waals surface area contributed by atoms with Crippen molar-refractivity contribution in [3.05, 3.63) is 0 Å². The van der Waals surface area contributed by atoms with Crippen LogP contribution in [0.25, 0.3) is 0 Å². The van der Waals surface area contributed by atoms with E-state index in [1.54, 1.807) is 0 Å². The van der Waals surface area contributed by atoms with Gasteiger partial charge in [-0.25, -0.2) is 4.72 Å². The van der Waals surface area contributed by atoms with Crippen LogP contribution < -0.4 is 10.0 Å². The first-order valence-electron chi connectivity index (χ1n) is 4.27. The number of nitrogens with zero attached hydrogens (tertiary/aromatic N) is 1. The molecule has 2 amide bonds. The Morgan fingerprint density at radius 2 is 1.93 bits per heavy atom. The molecule has 1 aliphatic heterocycles. The molecule has 15 heavy (non-hydrogen) atoms. The quantitative estimate of drug-likeness (QED) is 0.551. The van der Waals surface area contributed by atoms with Crippen LogP contribution >= 0.6 is 0 Å². The molecular formula is C7H13N3O4S. The minimum atomic E-state index is -3.79. The number of amides is 2. The van der Waals surface area contributed by atoms with Gasteiger partial charge in [-0.05, 0) is 13.8 Å². The van der Waals surface area contributed by atoms with Gasteiger partial charge in [0.1, 0.15) is 5.54 Å². The molecule has 1 rings (SSSR count). The van der Waals surface area contributed by atoms with Crippen LogP contribution in [-0.4, -0.2) is 43.7 Å². The van der Waals surface area contributed by atoms with Crippen molar-refractivity contribution in [2.24, 2.45) is 0 Å². The van der Waals surface area contributed by atoms with Gasteiger partial charge in [0.05, 0.1) is 6.54 Å².